The maximum Gasteiger partial charge on any atom is 0.261 e. The number of carbonyl (C=O) groups is 3. The van der Waals surface area contributed by atoms with Crippen molar-refractivity contribution in [2.24, 2.45) is 0 Å². The van der Waals surface area contributed by atoms with Crippen LogP contribution < -0.4 is 15.4 Å². The van der Waals surface area contributed by atoms with E-state index >= 15 is 0 Å². The number of nitrogens with one attached hydrogen (secondary N) is 2. The SMILES string of the molecule is CCC(C)(C)NC(=O)[C@@H](c1cccc(OC)c1)N(Cc1ccccc1)C(=O)CNC(=O)c1cccs1. The Balaban J connectivity index is 1.98. The van der Waals surface area contributed by atoms with Gasteiger partial charge in [-0.1, -0.05) is 55.5 Å². The van der Waals surface area contributed by atoms with Crippen LogP contribution in [0, 0.1) is 0 Å². The van der Waals surface area contributed by atoms with Crippen molar-refractivity contribution in [3.8, 4) is 5.75 Å². The van der Waals surface area contributed by atoms with Crippen molar-refractivity contribution in [1.29, 1.82) is 0 Å². The van der Waals surface area contributed by atoms with Gasteiger partial charge in [-0.15, -0.1) is 11.3 Å². The molecular weight excluding hydrogens is 474 g/mol. The van der Waals surface area contributed by atoms with Crippen LogP contribution in [0.15, 0.2) is 72.1 Å². The second-order valence-corrected chi connectivity index (χ2v) is 10.0. The van der Waals surface area contributed by atoms with Crippen molar-refractivity contribution in [3.63, 3.8) is 0 Å². The number of carbonyl (C=O) groups excluding carboxylic acids is 3. The summed E-state index contributed by atoms with van der Waals surface area (Å²) in [6.07, 6.45) is 0.715. The lowest BCUT2D eigenvalue weighted by molar-refractivity contribution is -0.141. The van der Waals surface area contributed by atoms with E-state index in [0.717, 1.165) is 5.56 Å². The van der Waals surface area contributed by atoms with Gasteiger partial charge in [0.05, 0.1) is 18.5 Å². The highest BCUT2D eigenvalue weighted by Gasteiger charge is 2.34. The van der Waals surface area contributed by atoms with Crippen LogP contribution in [0.3, 0.4) is 0 Å². The zero-order valence-electron chi connectivity index (χ0n) is 21.1. The highest BCUT2D eigenvalue weighted by Crippen LogP contribution is 2.28. The number of hydrogen-bond acceptors (Lipinski definition) is 5. The van der Waals surface area contributed by atoms with Crippen LogP contribution in [0.2, 0.25) is 0 Å². The number of thiophene rings is 1. The zero-order valence-corrected chi connectivity index (χ0v) is 21.9. The summed E-state index contributed by atoms with van der Waals surface area (Å²) >= 11 is 1.30. The van der Waals surface area contributed by atoms with Gasteiger partial charge < -0.3 is 20.3 Å². The predicted octanol–water partition coefficient (Wildman–Crippen LogP) is 4.56. The Hall–Kier alpha value is -3.65. The number of rotatable bonds is 11. The number of ether oxygens (including phenoxy) is 1. The molecule has 0 spiro atoms. The van der Waals surface area contributed by atoms with Crippen molar-refractivity contribution in [2.45, 2.75) is 45.3 Å². The largest absolute Gasteiger partial charge is 0.497 e. The van der Waals surface area contributed by atoms with Crippen molar-refractivity contribution in [2.75, 3.05) is 13.7 Å². The molecule has 0 aliphatic carbocycles. The first kappa shape index (κ1) is 26.9. The number of benzene rings is 2. The average molecular weight is 508 g/mol. The highest BCUT2D eigenvalue weighted by molar-refractivity contribution is 7.12. The summed E-state index contributed by atoms with van der Waals surface area (Å²) in [5.74, 6) is -0.421. The van der Waals surface area contributed by atoms with Crippen molar-refractivity contribution in [1.82, 2.24) is 15.5 Å². The highest BCUT2D eigenvalue weighted by atomic mass is 32.1. The molecule has 0 saturated heterocycles. The molecule has 1 heterocycles. The summed E-state index contributed by atoms with van der Waals surface area (Å²) < 4.78 is 5.39. The van der Waals surface area contributed by atoms with E-state index in [1.54, 1.807) is 48.9 Å². The standard InChI is InChI=1S/C28H33N3O4S/c1-5-28(2,3)30-27(34)25(21-13-9-14-22(17-21)35-4)31(19-20-11-7-6-8-12-20)24(32)18-29-26(33)23-15-10-16-36-23/h6-17,25H,5,18-19H2,1-4H3,(H,29,33)(H,30,34)/t25-/m1/s1. The molecule has 0 aliphatic heterocycles. The van der Waals surface area contributed by atoms with Crippen molar-refractivity contribution < 1.29 is 19.1 Å². The molecule has 1 atom stereocenters. The van der Waals surface area contributed by atoms with E-state index in [9.17, 15) is 14.4 Å². The molecule has 7 nitrogen and oxygen atoms in total. The zero-order chi connectivity index (χ0) is 26.1. The lowest BCUT2D eigenvalue weighted by Gasteiger charge is -2.35. The van der Waals surface area contributed by atoms with E-state index in [0.29, 0.717) is 22.6 Å². The van der Waals surface area contributed by atoms with Gasteiger partial charge in [-0.2, -0.15) is 0 Å². The molecule has 0 bridgehead atoms. The Morgan fingerprint density at radius 1 is 1.03 bits per heavy atom. The minimum Gasteiger partial charge on any atom is -0.497 e. The van der Waals surface area contributed by atoms with E-state index in [-0.39, 0.29) is 30.8 Å². The summed E-state index contributed by atoms with van der Waals surface area (Å²) in [5, 5.41) is 7.60. The average Bonchev–Trinajstić information content (AvgIpc) is 3.42. The molecule has 8 heteroatoms. The summed E-state index contributed by atoms with van der Waals surface area (Å²) in [5.41, 5.74) is 1.02. The van der Waals surface area contributed by atoms with Gasteiger partial charge in [0.25, 0.3) is 5.91 Å². The van der Waals surface area contributed by atoms with E-state index < -0.39 is 11.6 Å². The number of hydrogen-bond donors (Lipinski definition) is 2. The molecule has 3 aromatic rings. The summed E-state index contributed by atoms with van der Waals surface area (Å²) in [6, 6.07) is 19.2. The van der Waals surface area contributed by atoms with Crippen LogP contribution in [0.25, 0.3) is 0 Å². The third-order valence-electron chi connectivity index (χ3n) is 5.98. The summed E-state index contributed by atoms with van der Waals surface area (Å²) in [6.45, 7) is 5.83. The molecule has 0 aliphatic rings. The van der Waals surface area contributed by atoms with Crippen LogP contribution in [-0.4, -0.2) is 41.8 Å². The van der Waals surface area contributed by atoms with E-state index in [2.05, 4.69) is 10.6 Å². The maximum absolute atomic E-state index is 13.7. The fourth-order valence-corrected chi connectivity index (χ4v) is 4.27. The molecule has 0 fully saturated rings. The van der Waals surface area contributed by atoms with Gasteiger partial charge in [0.15, 0.2) is 0 Å². The molecule has 0 saturated carbocycles. The Bertz CT molecular complexity index is 1160. The Kier molecular flexibility index (Phi) is 9.25. The smallest absolute Gasteiger partial charge is 0.261 e. The molecule has 3 amide bonds. The lowest BCUT2D eigenvalue weighted by atomic mass is 9.98. The molecule has 0 radical (unpaired) electrons. The fraction of sp³-hybridized carbons (Fsp3) is 0.321. The molecular formula is C28H33N3O4S. The first-order valence-corrected chi connectivity index (χ1v) is 12.7. The maximum atomic E-state index is 13.7. The van der Waals surface area contributed by atoms with E-state index in [1.165, 1.54) is 16.2 Å². The van der Waals surface area contributed by atoms with Crippen LogP contribution in [0.5, 0.6) is 5.75 Å². The minimum atomic E-state index is -0.933. The molecule has 190 valence electrons. The molecule has 2 aromatic carbocycles. The molecule has 36 heavy (non-hydrogen) atoms. The topological polar surface area (TPSA) is 87.7 Å². The third kappa shape index (κ3) is 7.18. The van der Waals surface area contributed by atoms with Gasteiger partial charge >= 0.3 is 0 Å². The molecule has 3 rings (SSSR count). The monoisotopic (exact) mass is 507 g/mol. The summed E-state index contributed by atoms with van der Waals surface area (Å²) in [7, 11) is 1.56. The van der Waals surface area contributed by atoms with Gasteiger partial charge in [0.2, 0.25) is 11.8 Å². The second kappa shape index (κ2) is 12.4. The predicted molar refractivity (Wildman–Crippen MR) is 142 cm³/mol. The van der Waals surface area contributed by atoms with Crippen molar-refractivity contribution in [3.05, 3.63) is 88.1 Å². The number of nitrogens with zero attached hydrogens (tertiary/aromatic N) is 1. The summed E-state index contributed by atoms with van der Waals surface area (Å²) in [4.78, 5) is 41.9. The number of methoxy groups -OCH3 is 1. The van der Waals surface area contributed by atoms with E-state index in [4.69, 9.17) is 4.74 Å². The minimum absolute atomic E-state index is 0.191. The van der Waals surface area contributed by atoms with Crippen LogP contribution in [0.1, 0.15) is 54.0 Å². The van der Waals surface area contributed by atoms with Crippen LogP contribution >= 0.6 is 11.3 Å². The molecule has 2 N–H and O–H groups in total. The Morgan fingerprint density at radius 2 is 1.78 bits per heavy atom. The third-order valence-corrected chi connectivity index (χ3v) is 6.84. The second-order valence-electron chi connectivity index (χ2n) is 9.07. The van der Waals surface area contributed by atoms with Gasteiger partial charge in [0.1, 0.15) is 11.8 Å². The Morgan fingerprint density at radius 3 is 2.42 bits per heavy atom. The first-order valence-electron chi connectivity index (χ1n) is 11.8. The quantitative estimate of drug-likeness (QED) is 0.398. The molecule has 0 unspecified atom stereocenters. The van der Waals surface area contributed by atoms with Gasteiger partial charge in [0, 0.05) is 12.1 Å². The van der Waals surface area contributed by atoms with Crippen LogP contribution in [-0.2, 0) is 16.1 Å². The van der Waals surface area contributed by atoms with Gasteiger partial charge in [-0.3, -0.25) is 14.4 Å². The number of amides is 3. The Labute approximate surface area is 216 Å². The normalized spacial score (nSPS) is 11.9. The molecule has 1 aromatic heterocycles. The van der Waals surface area contributed by atoms with Gasteiger partial charge in [-0.25, -0.2) is 0 Å². The fourth-order valence-electron chi connectivity index (χ4n) is 3.63. The van der Waals surface area contributed by atoms with Crippen LogP contribution in [0.4, 0.5) is 0 Å². The van der Waals surface area contributed by atoms with Gasteiger partial charge in [-0.05, 0) is 55.0 Å². The van der Waals surface area contributed by atoms with E-state index in [1.807, 2.05) is 51.1 Å². The first-order chi connectivity index (χ1) is 17.2. The lowest BCUT2D eigenvalue weighted by Crippen LogP contribution is -2.51. The van der Waals surface area contributed by atoms with Crippen molar-refractivity contribution >= 4 is 29.1 Å².